The molecule has 0 fully saturated rings. The van der Waals surface area contributed by atoms with Gasteiger partial charge in [-0.1, -0.05) is 28.9 Å². The van der Waals surface area contributed by atoms with E-state index >= 15 is 0 Å². The van der Waals surface area contributed by atoms with Crippen molar-refractivity contribution in [3.05, 3.63) is 58.9 Å². The molecule has 1 aromatic heterocycles. The van der Waals surface area contributed by atoms with E-state index in [0.29, 0.717) is 17.1 Å². The van der Waals surface area contributed by atoms with Crippen LogP contribution in [-0.2, 0) is 6.42 Å². The van der Waals surface area contributed by atoms with Crippen molar-refractivity contribution in [3.63, 3.8) is 0 Å². The first kappa shape index (κ1) is 14.8. The minimum atomic E-state index is -0.323. The molecule has 0 saturated heterocycles. The SMILES string of the molecule is NC(Cc1ccc(NC(=O)c2ccc(Cl)cn2)cc1)=NO. The summed E-state index contributed by atoms with van der Waals surface area (Å²) >= 11 is 5.72. The van der Waals surface area contributed by atoms with Crippen molar-refractivity contribution in [2.75, 3.05) is 5.32 Å². The molecular weight excluding hydrogens is 292 g/mol. The number of oxime groups is 1. The van der Waals surface area contributed by atoms with Gasteiger partial charge in [-0.2, -0.15) is 0 Å². The zero-order valence-corrected chi connectivity index (χ0v) is 11.7. The summed E-state index contributed by atoms with van der Waals surface area (Å²) < 4.78 is 0. The molecule has 0 unspecified atom stereocenters. The van der Waals surface area contributed by atoms with Crippen molar-refractivity contribution < 1.29 is 10.0 Å². The lowest BCUT2D eigenvalue weighted by molar-refractivity contribution is 0.102. The highest BCUT2D eigenvalue weighted by Gasteiger charge is 2.07. The molecule has 1 amide bonds. The number of rotatable bonds is 4. The van der Waals surface area contributed by atoms with Gasteiger partial charge in [0.25, 0.3) is 5.91 Å². The normalized spacial score (nSPS) is 11.2. The molecule has 6 nitrogen and oxygen atoms in total. The highest BCUT2D eigenvalue weighted by Crippen LogP contribution is 2.12. The zero-order chi connectivity index (χ0) is 15.2. The lowest BCUT2D eigenvalue weighted by Gasteiger charge is -2.06. The first-order chi connectivity index (χ1) is 10.1. The standard InChI is InChI=1S/C14H13ClN4O2/c15-10-3-6-12(17-8-10)14(20)18-11-4-1-9(2-5-11)7-13(16)19-21/h1-6,8,21H,7H2,(H2,16,19)(H,18,20). The van der Waals surface area contributed by atoms with Crippen LogP contribution in [0.1, 0.15) is 16.1 Å². The second kappa shape index (κ2) is 6.71. The second-order valence-electron chi connectivity index (χ2n) is 4.28. The summed E-state index contributed by atoms with van der Waals surface area (Å²) in [7, 11) is 0. The highest BCUT2D eigenvalue weighted by molar-refractivity contribution is 6.30. The number of nitrogens with zero attached hydrogens (tertiary/aromatic N) is 2. The number of pyridine rings is 1. The van der Waals surface area contributed by atoms with E-state index in [1.54, 1.807) is 36.4 Å². The smallest absolute Gasteiger partial charge is 0.274 e. The highest BCUT2D eigenvalue weighted by atomic mass is 35.5. The minimum absolute atomic E-state index is 0.122. The Morgan fingerprint density at radius 1 is 1.29 bits per heavy atom. The fourth-order valence-electron chi connectivity index (χ4n) is 1.66. The molecule has 108 valence electrons. The molecule has 2 aromatic rings. The van der Waals surface area contributed by atoms with Gasteiger partial charge in [0.2, 0.25) is 0 Å². The molecule has 2 rings (SSSR count). The number of nitrogens with two attached hydrogens (primary N) is 1. The maximum Gasteiger partial charge on any atom is 0.274 e. The van der Waals surface area contributed by atoms with Crippen molar-refractivity contribution in [2.45, 2.75) is 6.42 Å². The van der Waals surface area contributed by atoms with E-state index in [4.69, 9.17) is 22.5 Å². The Labute approximate surface area is 126 Å². The summed E-state index contributed by atoms with van der Waals surface area (Å²) in [5, 5.41) is 14.6. The summed E-state index contributed by atoms with van der Waals surface area (Å²) in [5.74, 6) is -0.201. The first-order valence-electron chi connectivity index (χ1n) is 6.07. The van der Waals surface area contributed by atoms with E-state index in [1.165, 1.54) is 6.20 Å². The number of amidine groups is 1. The Balaban J connectivity index is 2.03. The number of hydrogen-bond donors (Lipinski definition) is 3. The summed E-state index contributed by atoms with van der Waals surface area (Å²) in [6.45, 7) is 0. The first-order valence-corrected chi connectivity index (χ1v) is 6.44. The van der Waals surface area contributed by atoms with Gasteiger partial charge in [-0.05, 0) is 29.8 Å². The monoisotopic (exact) mass is 304 g/mol. The van der Waals surface area contributed by atoms with Crippen molar-refractivity contribution in [1.29, 1.82) is 0 Å². The van der Waals surface area contributed by atoms with Crippen molar-refractivity contribution >= 4 is 29.0 Å². The number of hydrogen-bond acceptors (Lipinski definition) is 4. The quantitative estimate of drug-likeness (QED) is 0.349. The number of nitrogens with one attached hydrogen (secondary N) is 1. The van der Waals surface area contributed by atoms with Crippen LogP contribution < -0.4 is 11.1 Å². The predicted octanol–water partition coefficient (Wildman–Crippen LogP) is 2.28. The van der Waals surface area contributed by atoms with Gasteiger partial charge in [-0.25, -0.2) is 4.98 Å². The number of carbonyl (C=O) groups excluding carboxylic acids is 1. The molecular formula is C14H13ClN4O2. The van der Waals surface area contributed by atoms with Crippen molar-refractivity contribution in [2.24, 2.45) is 10.9 Å². The van der Waals surface area contributed by atoms with Crippen LogP contribution in [0.15, 0.2) is 47.8 Å². The van der Waals surface area contributed by atoms with Crippen LogP contribution in [0, 0.1) is 0 Å². The predicted molar refractivity (Wildman–Crippen MR) is 80.8 cm³/mol. The van der Waals surface area contributed by atoms with Gasteiger partial charge in [-0.15, -0.1) is 0 Å². The van der Waals surface area contributed by atoms with E-state index in [2.05, 4.69) is 15.5 Å². The average molecular weight is 305 g/mol. The number of amides is 1. The number of anilines is 1. The van der Waals surface area contributed by atoms with Crippen molar-refractivity contribution in [1.82, 2.24) is 4.98 Å². The summed E-state index contributed by atoms with van der Waals surface area (Å²) in [6, 6.07) is 10.2. The Morgan fingerprint density at radius 3 is 2.57 bits per heavy atom. The van der Waals surface area contributed by atoms with Crippen LogP contribution in [0.2, 0.25) is 5.02 Å². The molecule has 0 aliphatic rings. The van der Waals surface area contributed by atoms with Gasteiger partial charge in [-0.3, -0.25) is 4.79 Å². The van der Waals surface area contributed by atoms with Crippen LogP contribution in [0.3, 0.4) is 0 Å². The third-order valence-electron chi connectivity index (χ3n) is 2.69. The van der Waals surface area contributed by atoms with E-state index in [0.717, 1.165) is 5.56 Å². The summed E-state index contributed by atoms with van der Waals surface area (Å²) in [5.41, 5.74) is 7.19. The Kier molecular flexibility index (Phi) is 4.73. The Morgan fingerprint density at radius 2 is 2.00 bits per heavy atom. The third-order valence-corrected chi connectivity index (χ3v) is 2.91. The summed E-state index contributed by atoms with van der Waals surface area (Å²) in [6.07, 6.45) is 1.75. The maximum atomic E-state index is 11.9. The molecule has 21 heavy (non-hydrogen) atoms. The molecule has 0 aliphatic heterocycles. The lowest BCUT2D eigenvalue weighted by atomic mass is 10.1. The van der Waals surface area contributed by atoms with Crippen LogP contribution >= 0.6 is 11.6 Å². The van der Waals surface area contributed by atoms with Gasteiger partial charge >= 0.3 is 0 Å². The van der Waals surface area contributed by atoms with E-state index in [1.807, 2.05) is 0 Å². The maximum absolute atomic E-state index is 11.9. The van der Waals surface area contributed by atoms with Gasteiger partial charge in [0.1, 0.15) is 11.5 Å². The number of carbonyl (C=O) groups is 1. The molecule has 1 aromatic carbocycles. The van der Waals surface area contributed by atoms with Gasteiger partial charge in [0.15, 0.2) is 0 Å². The largest absolute Gasteiger partial charge is 0.409 e. The topological polar surface area (TPSA) is 101 Å². The number of halogens is 1. The lowest BCUT2D eigenvalue weighted by Crippen LogP contribution is -2.15. The van der Waals surface area contributed by atoms with E-state index < -0.39 is 0 Å². The molecule has 0 atom stereocenters. The molecule has 0 bridgehead atoms. The second-order valence-corrected chi connectivity index (χ2v) is 4.72. The fourth-order valence-corrected chi connectivity index (χ4v) is 1.77. The van der Waals surface area contributed by atoms with Gasteiger partial charge < -0.3 is 16.3 Å². The Bertz CT molecular complexity index is 654. The van der Waals surface area contributed by atoms with E-state index in [-0.39, 0.29) is 17.4 Å². The number of benzene rings is 1. The third kappa shape index (κ3) is 4.19. The molecule has 1 heterocycles. The van der Waals surface area contributed by atoms with Crippen LogP contribution in [0.5, 0.6) is 0 Å². The fraction of sp³-hybridized carbons (Fsp3) is 0.0714. The van der Waals surface area contributed by atoms with Crippen molar-refractivity contribution in [3.8, 4) is 0 Å². The molecule has 0 radical (unpaired) electrons. The van der Waals surface area contributed by atoms with Crippen LogP contribution in [-0.4, -0.2) is 21.9 Å². The molecule has 0 aliphatic carbocycles. The number of aromatic nitrogens is 1. The summed E-state index contributed by atoms with van der Waals surface area (Å²) in [4.78, 5) is 15.9. The van der Waals surface area contributed by atoms with Gasteiger partial charge in [0.05, 0.1) is 5.02 Å². The minimum Gasteiger partial charge on any atom is -0.409 e. The molecule has 4 N–H and O–H groups in total. The Hall–Kier alpha value is -2.60. The zero-order valence-electron chi connectivity index (χ0n) is 11.0. The molecule has 0 saturated carbocycles. The van der Waals surface area contributed by atoms with E-state index in [9.17, 15) is 4.79 Å². The van der Waals surface area contributed by atoms with Crippen LogP contribution in [0.4, 0.5) is 5.69 Å². The molecule has 7 heteroatoms. The van der Waals surface area contributed by atoms with Crippen LogP contribution in [0.25, 0.3) is 0 Å². The van der Waals surface area contributed by atoms with Gasteiger partial charge in [0, 0.05) is 18.3 Å². The molecule has 0 spiro atoms. The average Bonchev–Trinajstić information content (AvgIpc) is 2.49.